The molecule has 2 fully saturated rings. The first-order chi connectivity index (χ1) is 8.49. The van der Waals surface area contributed by atoms with E-state index in [1.807, 2.05) is 0 Å². The van der Waals surface area contributed by atoms with E-state index in [0.717, 1.165) is 25.9 Å². The lowest BCUT2D eigenvalue weighted by molar-refractivity contribution is -0.158. The average Bonchev–Trinajstić information content (AvgIpc) is 2.88. The SMILES string of the molecule is O=C(CNCC1CC(F)(F)C(=O)O1)N1CCCC1. The summed E-state index contributed by atoms with van der Waals surface area (Å²) in [7, 11) is 0. The second-order valence-corrected chi connectivity index (χ2v) is 4.65. The fourth-order valence-corrected chi connectivity index (χ4v) is 2.18. The number of esters is 1. The molecule has 1 N–H and O–H groups in total. The molecule has 18 heavy (non-hydrogen) atoms. The van der Waals surface area contributed by atoms with Crippen molar-refractivity contribution in [2.45, 2.75) is 31.3 Å². The van der Waals surface area contributed by atoms with Crippen LogP contribution in [-0.2, 0) is 14.3 Å². The Labute approximate surface area is 103 Å². The number of carbonyl (C=O) groups is 2. The molecule has 1 atom stereocenters. The molecule has 0 aliphatic carbocycles. The van der Waals surface area contributed by atoms with E-state index in [-0.39, 0.29) is 19.0 Å². The van der Waals surface area contributed by atoms with Crippen molar-refractivity contribution in [2.24, 2.45) is 0 Å². The van der Waals surface area contributed by atoms with E-state index in [1.165, 1.54) is 0 Å². The number of nitrogens with one attached hydrogen (secondary N) is 1. The Hall–Kier alpha value is -1.24. The summed E-state index contributed by atoms with van der Waals surface area (Å²) in [6.07, 6.45) is 0.562. The van der Waals surface area contributed by atoms with Crippen molar-refractivity contribution in [3.8, 4) is 0 Å². The number of nitrogens with zero attached hydrogens (tertiary/aromatic N) is 1. The first kappa shape index (κ1) is 13.2. The Balaban J connectivity index is 1.67. The third-order valence-corrected chi connectivity index (χ3v) is 3.16. The predicted octanol–water partition coefficient (Wildman–Crippen LogP) is 0.149. The zero-order valence-corrected chi connectivity index (χ0v) is 9.95. The summed E-state index contributed by atoms with van der Waals surface area (Å²) in [6, 6.07) is 0. The maximum absolute atomic E-state index is 12.8. The zero-order valence-electron chi connectivity index (χ0n) is 9.95. The van der Waals surface area contributed by atoms with Crippen molar-refractivity contribution in [3.05, 3.63) is 0 Å². The lowest BCUT2D eigenvalue weighted by Gasteiger charge is -2.16. The monoisotopic (exact) mass is 262 g/mol. The van der Waals surface area contributed by atoms with Gasteiger partial charge >= 0.3 is 11.9 Å². The molecule has 5 nitrogen and oxygen atoms in total. The van der Waals surface area contributed by atoms with Gasteiger partial charge in [-0.1, -0.05) is 0 Å². The van der Waals surface area contributed by atoms with Gasteiger partial charge in [-0.15, -0.1) is 0 Å². The molecule has 2 rings (SSSR count). The maximum Gasteiger partial charge on any atom is 0.377 e. The molecule has 2 saturated heterocycles. The molecule has 0 bridgehead atoms. The minimum Gasteiger partial charge on any atom is -0.456 e. The molecule has 2 aliphatic rings. The van der Waals surface area contributed by atoms with Crippen LogP contribution < -0.4 is 5.32 Å². The summed E-state index contributed by atoms with van der Waals surface area (Å²) in [4.78, 5) is 24.1. The number of amides is 1. The van der Waals surface area contributed by atoms with Gasteiger partial charge in [-0.05, 0) is 12.8 Å². The van der Waals surface area contributed by atoms with Crippen molar-refractivity contribution in [1.82, 2.24) is 10.2 Å². The van der Waals surface area contributed by atoms with E-state index in [4.69, 9.17) is 0 Å². The summed E-state index contributed by atoms with van der Waals surface area (Å²) in [5.74, 6) is -4.89. The van der Waals surface area contributed by atoms with E-state index < -0.39 is 24.4 Å². The van der Waals surface area contributed by atoms with Gasteiger partial charge in [-0.2, -0.15) is 8.78 Å². The minimum absolute atomic E-state index is 0.0383. The highest BCUT2D eigenvalue weighted by molar-refractivity contribution is 5.80. The van der Waals surface area contributed by atoms with Crippen LogP contribution in [0.15, 0.2) is 0 Å². The number of hydrogen-bond donors (Lipinski definition) is 1. The molecule has 1 amide bonds. The number of likely N-dealkylation sites (tertiary alicyclic amines) is 1. The number of carbonyl (C=O) groups excluding carboxylic acids is 2. The number of hydrogen-bond acceptors (Lipinski definition) is 4. The minimum atomic E-state index is -3.38. The van der Waals surface area contributed by atoms with Crippen LogP contribution in [0, 0.1) is 0 Å². The fraction of sp³-hybridized carbons (Fsp3) is 0.818. The maximum atomic E-state index is 12.8. The van der Waals surface area contributed by atoms with Crippen molar-refractivity contribution in [2.75, 3.05) is 26.2 Å². The van der Waals surface area contributed by atoms with Crippen molar-refractivity contribution >= 4 is 11.9 Å². The van der Waals surface area contributed by atoms with Crippen LogP contribution in [0.2, 0.25) is 0 Å². The van der Waals surface area contributed by atoms with E-state index in [1.54, 1.807) is 4.90 Å². The standard InChI is InChI=1S/C11H16F2N2O3/c12-11(13)5-8(18-10(11)17)6-14-7-9(16)15-3-1-2-4-15/h8,14H,1-7H2. The van der Waals surface area contributed by atoms with Crippen molar-refractivity contribution < 1.29 is 23.1 Å². The highest BCUT2D eigenvalue weighted by atomic mass is 19.3. The predicted molar refractivity (Wildman–Crippen MR) is 58.1 cm³/mol. The smallest absolute Gasteiger partial charge is 0.377 e. The van der Waals surface area contributed by atoms with Gasteiger partial charge in [0.05, 0.1) is 13.0 Å². The molecular weight excluding hydrogens is 246 g/mol. The summed E-state index contributed by atoms with van der Waals surface area (Å²) >= 11 is 0. The lowest BCUT2D eigenvalue weighted by Crippen LogP contribution is -2.38. The van der Waals surface area contributed by atoms with Crippen LogP contribution in [0.25, 0.3) is 0 Å². The second-order valence-electron chi connectivity index (χ2n) is 4.65. The van der Waals surface area contributed by atoms with E-state index in [0.29, 0.717) is 0 Å². The molecule has 0 spiro atoms. The molecule has 0 aromatic heterocycles. The third kappa shape index (κ3) is 2.95. The average molecular weight is 262 g/mol. The number of ether oxygens (including phenoxy) is 1. The Morgan fingerprint density at radius 3 is 2.67 bits per heavy atom. The molecule has 2 aliphatic heterocycles. The Morgan fingerprint density at radius 2 is 2.11 bits per heavy atom. The first-order valence-electron chi connectivity index (χ1n) is 6.06. The molecule has 0 aromatic rings. The van der Waals surface area contributed by atoms with Crippen LogP contribution in [-0.4, -0.2) is 55.0 Å². The number of rotatable bonds is 4. The van der Waals surface area contributed by atoms with Crippen LogP contribution in [0.1, 0.15) is 19.3 Å². The van der Waals surface area contributed by atoms with Gasteiger partial charge in [0.2, 0.25) is 5.91 Å². The lowest BCUT2D eigenvalue weighted by atomic mass is 10.2. The topological polar surface area (TPSA) is 58.6 Å². The van der Waals surface area contributed by atoms with Gasteiger partial charge in [-0.25, -0.2) is 4.79 Å². The van der Waals surface area contributed by atoms with Gasteiger partial charge < -0.3 is 15.0 Å². The highest BCUT2D eigenvalue weighted by Gasteiger charge is 2.50. The molecule has 2 heterocycles. The van der Waals surface area contributed by atoms with Crippen LogP contribution in [0.5, 0.6) is 0 Å². The fourth-order valence-electron chi connectivity index (χ4n) is 2.18. The quantitative estimate of drug-likeness (QED) is 0.733. The summed E-state index contributed by atoms with van der Waals surface area (Å²) in [5.41, 5.74) is 0. The van der Waals surface area contributed by atoms with Gasteiger partial charge in [0.15, 0.2) is 0 Å². The van der Waals surface area contributed by atoms with Gasteiger partial charge in [0, 0.05) is 19.6 Å². The molecule has 7 heteroatoms. The van der Waals surface area contributed by atoms with Crippen LogP contribution in [0.4, 0.5) is 8.78 Å². The van der Waals surface area contributed by atoms with Crippen LogP contribution >= 0.6 is 0 Å². The Bertz CT molecular complexity index is 343. The molecule has 0 aromatic carbocycles. The number of alkyl halides is 2. The number of halogens is 2. The first-order valence-corrected chi connectivity index (χ1v) is 6.06. The normalized spacial score (nSPS) is 26.4. The number of cyclic esters (lactones) is 1. The second kappa shape index (κ2) is 5.17. The third-order valence-electron chi connectivity index (χ3n) is 3.16. The van der Waals surface area contributed by atoms with E-state index >= 15 is 0 Å². The molecular formula is C11H16F2N2O3. The molecule has 0 saturated carbocycles. The Kier molecular flexibility index (Phi) is 3.79. The van der Waals surface area contributed by atoms with Crippen LogP contribution in [0.3, 0.4) is 0 Å². The highest BCUT2D eigenvalue weighted by Crippen LogP contribution is 2.30. The molecule has 1 unspecified atom stereocenters. The van der Waals surface area contributed by atoms with Gasteiger partial charge in [-0.3, -0.25) is 4.79 Å². The van der Waals surface area contributed by atoms with Crippen molar-refractivity contribution in [1.29, 1.82) is 0 Å². The summed E-state index contributed by atoms with van der Waals surface area (Å²) < 4.78 is 30.2. The van der Waals surface area contributed by atoms with E-state index in [9.17, 15) is 18.4 Å². The molecule has 102 valence electrons. The van der Waals surface area contributed by atoms with Crippen molar-refractivity contribution in [3.63, 3.8) is 0 Å². The van der Waals surface area contributed by atoms with Gasteiger partial charge in [0.1, 0.15) is 6.10 Å². The Morgan fingerprint density at radius 1 is 1.44 bits per heavy atom. The largest absolute Gasteiger partial charge is 0.456 e. The van der Waals surface area contributed by atoms with E-state index in [2.05, 4.69) is 10.1 Å². The summed E-state index contributed by atoms with van der Waals surface area (Å²) in [5, 5.41) is 2.76. The molecule has 0 radical (unpaired) electrons. The summed E-state index contributed by atoms with van der Waals surface area (Å²) in [6.45, 7) is 1.70. The zero-order chi connectivity index (χ0) is 13.2. The van der Waals surface area contributed by atoms with Gasteiger partial charge in [0.25, 0.3) is 0 Å².